The van der Waals surface area contributed by atoms with E-state index in [9.17, 15) is 13.2 Å². The quantitative estimate of drug-likeness (QED) is 0.456. The first kappa shape index (κ1) is 25.0. The highest BCUT2D eigenvalue weighted by atomic mass is 32.2. The fraction of sp³-hybridized carbons (Fsp3) is 0.423. The van der Waals surface area contributed by atoms with E-state index < -0.39 is 10.0 Å². The normalized spacial score (nSPS) is 18.3. The lowest BCUT2D eigenvalue weighted by Crippen LogP contribution is -2.46. The molecule has 0 radical (unpaired) electrons. The second kappa shape index (κ2) is 10.8. The fourth-order valence-electron chi connectivity index (χ4n) is 5.07. The Bertz CT molecular complexity index is 1340. The number of aromatic nitrogens is 2. The summed E-state index contributed by atoms with van der Waals surface area (Å²) < 4.78 is 27.6. The summed E-state index contributed by atoms with van der Waals surface area (Å²) >= 11 is 1.34. The number of nitrogens with zero attached hydrogens (tertiary/aromatic N) is 3. The number of carbonyl (C=O) groups excluding carboxylic acids is 1. The maximum absolute atomic E-state index is 13.5. The summed E-state index contributed by atoms with van der Waals surface area (Å²) in [5.41, 5.74) is 2.32. The van der Waals surface area contributed by atoms with Crippen molar-refractivity contribution < 1.29 is 13.2 Å². The Morgan fingerprint density at radius 1 is 1.14 bits per heavy atom. The molecule has 1 aliphatic heterocycles. The number of benzene rings is 1. The highest BCUT2D eigenvalue weighted by Gasteiger charge is 2.29. The molecular weight excluding hydrogens is 494 g/mol. The average molecular weight is 526 g/mol. The average Bonchev–Trinajstić information content (AvgIpc) is 3.56. The van der Waals surface area contributed by atoms with Crippen molar-refractivity contribution in [2.75, 3.05) is 31.5 Å². The van der Waals surface area contributed by atoms with E-state index in [2.05, 4.69) is 27.2 Å². The summed E-state index contributed by atoms with van der Waals surface area (Å²) in [5.74, 6) is -0.0208. The zero-order valence-electron chi connectivity index (χ0n) is 20.2. The lowest BCUT2D eigenvalue weighted by Gasteiger charge is -2.27. The molecule has 2 N–H and O–H groups in total. The number of sulfonamides is 1. The zero-order valence-corrected chi connectivity index (χ0v) is 21.8. The highest BCUT2D eigenvalue weighted by molar-refractivity contribution is 7.89. The number of anilines is 1. The van der Waals surface area contributed by atoms with Crippen molar-refractivity contribution in [1.29, 1.82) is 0 Å². The third-order valence-electron chi connectivity index (χ3n) is 7.07. The van der Waals surface area contributed by atoms with Gasteiger partial charge in [-0.3, -0.25) is 4.79 Å². The maximum atomic E-state index is 13.5. The molecule has 1 aliphatic carbocycles. The van der Waals surface area contributed by atoms with E-state index in [-0.39, 0.29) is 16.7 Å². The van der Waals surface area contributed by atoms with E-state index >= 15 is 0 Å². The second-order valence-corrected chi connectivity index (χ2v) is 12.4. The van der Waals surface area contributed by atoms with Gasteiger partial charge in [0, 0.05) is 26.2 Å². The number of pyridine rings is 1. The standard InChI is InChI=1S/C26H31N5O3S2/c1-2-20-9-12-23-25(28-20)35-26(29-23)30-24(32)22(17-18-5-3-4-6-18)19-7-10-21(11-8-19)36(33,34)31-15-13-27-14-16-31/h2,7-12,18,22,27H,1,3-6,13-17H2,(H,29,30,32)/t22-/m1/s1. The van der Waals surface area contributed by atoms with E-state index in [0.29, 0.717) is 37.2 Å². The molecule has 0 bridgehead atoms. The molecule has 3 heterocycles. The van der Waals surface area contributed by atoms with Gasteiger partial charge in [-0.2, -0.15) is 4.31 Å². The van der Waals surface area contributed by atoms with Crippen LogP contribution in [0.5, 0.6) is 0 Å². The van der Waals surface area contributed by atoms with Gasteiger partial charge in [0.05, 0.1) is 16.5 Å². The van der Waals surface area contributed by atoms with Gasteiger partial charge in [0.15, 0.2) is 5.13 Å². The van der Waals surface area contributed by atoms with Gasteiger partial charge in [-0.1, -0.05) is 55.7 Å². The molecule has 1 amide bonds. The molecule has 1 saturated heterocycles. The molecular formula is C26H31N5O3S2. The summed E-state index contributed by atoms with van der Waals surface area (Å²) in [6, 6.07) is 10.6. The third-order valence-corrected chi connectivity index (χ3v) is 9.87. The van der Waals surface area contributed by atoms with Crippen molar-refractivity contribution in [2.45, 2.75) is 42.9 Å². The van der Waals surface area contributed by atoms with Gasteiger partial charge >= 0.3 is 0 Å². The molecule has 2 aliphatic rings. The minimum atomic E-state index is -3.55. The number of hydrogen-bond acceptors (Lipinski definition) is 7. The zero-order chi connectivity index (χ0) is 25.1. The number of hydrogen-bond donors (Lipinski definition) is 2. The van der Waals surface area contributed by atoms with Crippen LogP contribution in [-0.2, 0) is 14.8 Å². The van der Waals surface area contributed by atoms with Crippen molar-refractivity contribution in [3.8, 4) is 0 Å². The number of nitrogens with one attached hydrogen (secondary N) is 2. The van der Waals surface area contributed by atoms with Crippen LogP contribution >= 0.6 is 11.3 Å². The van der Waals surface area contributed by atoms with Gasteiger partial charge < -0.3 is 10.6 Å². The Hall–Kier alpha value is -2.66. The number of amides is 1. The number of piperazine rings is 1. The minimum Gasteiger partial charge on any atom is -0.314 e. The predicted octanol–water partition coefficient (Wildman–Crippen LogP) is 4.23. The molecule has 1 aromatic carbocycles. The smallest absolute Gasteiger partial charge is 0.243 e. The van der Waals surface area contributed by atoms with Crippen LogP contribution < -0.4 is 10.6 Å². The third kappa shape index (κ3) is 5.36. The van der Waals surface area contributed by atoms with Crippen molar-refractivity contribution in [3.63, 3.8) is 0 Å². The van der Waals surface area contributed by atoms with Crippen LogP contribution in [0, 0.1) is 5.92 Å². The van der Waals surface area contributed by atoms with Crippen LogP contribution in [0.2, 0.25) is 0 Å². The van der Waals surface area contributed by atoms with E-state index in [1.807, 2.05) is 12.1 Å². The van der Waals surface area contributed by atoms with Gasteiger partial charge in [-0.15, -0.1) is 0 Å². The molecule has 36 heavy (non-hydrogen) atoms. The number of carbonyl (C=O) groups is 1. The van der Waals surface area contributed by atoms with Crippen LogP contribution in [0.4, 0.5) is 5.13 Å². The molecule has 2 aromatic heterocycles. The molecule has 0 unspecified atom stereocenters. The van der Waals surface area contributed by atoms with Crippen molar-refractivity contribution >= 4 is 48.8 Å². The van der Waals surface area contributed by atoms with Crippen LogP contribution in [0.3, 0.4) is 0 Å². The lowest BCUT2D eigenvalue weighted by atomic mass is 9.87. The summed E-state index contributed by atoms with van der Waals surface area (Å²) in [6.07, 6.45) is 7.04. The minimum absolute atomic E-state index is 0.123. The molecule has 5 rings (SSSR count). The van der Waals surface area contributed by atoms with Crippen LogP contribution in [-0.4, -0.2) is 54.8 Å². The van der Waals surface area contributed by atoms with Crippen molar-refractivity contribution in [3.05, 3.63) is 54.2 Å². The molecule has 0 spiro atoms. The Balaban J connectivity index is 1.38. The molecule has 190 valence electrons. The Labute approximate surface area is 215 Å². The van der Waals surface area contributed by atoms with Crippen LogP contribution in [0.15, 0.2) is 47.9 Å². The van der Waals surface area contributed by atoms with Crippen molar-refractivity contribution in [1.82, 2.24) is 19.6 Å². The SMILES string of the molecule is C=Cc1ccc2nc(NC(=O)[C@H](CC3CCCC3)c3ccc(S(=O)(=O)N4CCNCC4)cc3)sc2n1. The Morgan fingerprint density at radius 2 is 1.86 bits per heavy atom. The molecule has 1 saturated carbocycles. The molecule has 3 aromatic rings. The second-order valence-electron chi connectivity index (χ2n) is 9.43. The van der Waals surface area contributed by atoms with E-state index in [4.69, 9.17) is 0 Å². The lowest BCUT2D eigenvalue weighted by molar-refractivity contribution is -0.118. The Kier molecular flexibility index (Phi) is 7.47. The van der Waals surface area contributed by atoms with Crippen LogP contribution in [0.25, 0.3) is 16.4 Å². The molecule has 1 atom stereocenters. The van der Waals surface area contributed by atoms with Crippen LogP contribution in [0.1, 0.15) is 49.3 Å². The van der Waals surface area contributed by atoms with Gasteiger partial charge in [-0.05, 0) is 48.2 Å². The number of thiazole rings is 1. The highest BCUT2D eigenvalue weighted by Crippen LogP contribution is 2.36. The maximum Gasteiger partial charge on any atom is 0.243 e. The fourth-order valence-corrected chi connectivity index (χ4v) is 7.36. The van der Waals surface area contributed by atoms with Crippen molar-refractivity contribution in [2.24, 2.45) is 5.92 Å². The van der Waals surface area contributed by atoms with Gasteiger partial charge in [-0.25, -0.2) is 18.4 Å². The first-order valence-electron chi connectivity index (χ1n) is 12.5. The Morgan fingerprint density at radius 3 is 2.56 bits per heavy atom. The molecule has 2 fully saturated rings. The van der Waals surface area contributed by atoms with E-state index in [1.165, 1.54) is 28.5 Å². The topological polar surface area (TPSA) is 104 Å². The predicted molar refractivity (Wildman–Crippen MR) is 144 cm³/mol. The van der Waals surface area contributed by atoms with E-state index in [0.717, 1.165) is 40.9 Å². The number of rotatable bonds is 8. The number of fused-ring (bicyclic) bond motifs is 1. The molecule has 8 nitrogen and oxygen atoms in total. The largest absolute Gasteiger partial charge is 0.314 e. The van der Waals surface area contributed by atoms with E-state index in [1.54, 1.807) is 30.3 Å². The first-order valence-corrected chi connectivity index (χ1v) is 14.7. The van der Waals surface area contributed by atoms with Gasteiger partial charge in [0.2, 0.25) is 15.9 Å². The monoisotopic (exact) mass is 525 g/mol. The van der Waals surface area contributed by atoms with Gasteiger partial charge in [0.25, 0.3) is 0 Å². The summed E-state index contributed by atoms with van der Waals surface area (Å²) in [5, 5.41) is 6.70. The summed E-state index contributed by atoms with van der Waals surface area (Å²) in [6.45, 7) is 5.98. The van der Waals surface area contributed by atoms with Gasteiger partial charge in [0.1, 0.15) is 10.3 Å². The summed E-state index contributed by atoms with van der Waals surface area (Å²) in [4.78, 5) is 23.6. The molecule has 10 heteroatoms. The first-order chi connectivity index (χ1) is 17.4. The summed E-state index contributed by atoms with van der Waals surface area (Å²) in [7, 11) is -3.55.